The number of hydrogen-bond donors (Lipinski definition) is 2. The first-order chi connectivity index (χ1) is 9.06. The first kappa shape index (κ1) is 11.8. The molecule has 5 nitrogen and oxygen atoms in total. The molecule has 98 valence electrons. The number of fused-ring (bicyclic) bond motifs is 3. The second-order valence-electron chi connectivity index (χ2n) is 4.99. The average Bonchev–Trinajstić information content (AvgIpc) is 2.37. The summed E-state index contributed by atoms with van der Waals surface area (Å²) in [5.74, 6) is 0. The Bertz CT molecular complexity index is 620. The third kappa shape index (κ3) is 1.87. The van der Waals surface area contributed by atoms with E-state index < -0.39 is 0 Å². The second-order valence-corrected chi connectivity index (χ2v) is 4.99. The van der Waals surface area contributed by atoms with Crippen LogP contribution in [0.3, 0.4) is 0 Å². The first-order valence-electron chi connectivity index (χ1n) is 6.31. The third-order valence-electron chi connectivity index (χ3n) is 3.43. The van der Waals surface area contributed by atoms with E-state index >= 15 is 0 Å². The van der Waals surface area contributed by atoms with Gasteiger partial charge in [-0.05, 0) is 19.9 Å². The summed E-state index contributed by atoms with van der Waals surface area (Å²) in [7, 11) is 0. The summed E-state index contributed by atoms with van der Waals surface area (Å²) in [6.07, 6.45) is 7.71. The van der Waals surface area contributed by atoms with E-state index in [1.165, 1.54) is 0 Å². The molecule has 19 heavy (non-hydrogen) atoms. The molecule has 2 N–H and O–H groups in total. The Hall–Kier alpha value is -2.30. The van der Waals surface area contributed by atoms with Crippen molar-refractivity contribution in [2.75, 3.05) is 10.6 Å². The fourth-order valence-corrected chi connectivity index (χ4v) is 2.50. The van der Waals surface area contributed by atoms with Gasteiger partial charge in [0.1, 0.15) is 0 Å². The van der Waals surface area contributed by atoms with Gasteiger partial charge in [0, 0.05) is 23.7 Å². The van der Waals surface area contributed by atoms with Gasteiger partial charge in [-0.2, -0.15) is 0 Å². The number of nitrogens with one attached hydrogen (secondary N) is 2. The molecule has 2 aliphatic heterocycles. The Balaban J connectivity index is 2.27. The predicted octanol–water partition coefficient (Wildman–Crippen LogP) is 3.25. The Morgan fingerprint density at radius 3 is 2.42 bits per heavy atom. The van der Waals surface area contributed by atoms with E-state index in [0.717, 1.165) is 16.9 Å². The maximum Gasteiger partial charge on any atom is 0.279 e. The molecule has 5 heteroatoms. The number of benzene rings is 1. The van der Waals surface area contributed by atoms with Gasteiger partial charge in [-0.25, -0.2) is 0 Å². The van der Waals surface area contributed by atoms with Crippen molar-refractivity contribution in [2.45, 2.75) is 25.9 Å². The first-order valence-corrected chi connectivity index (χ1v) is 6.31. The molecule has 0 spiro atoms. The summed E-state index contributed by atoms with van der Waals surface area (Å²) in [5.41, 5.74) is 3.43. The Labute approximate surface area is 111 Å². The number of nitro groups is 1. The molecule has 0 saturated carbocycles. The van der Waals surface area contributed by atoms with Gasteiger partial charge >= 0.3 is 0 Å². The highest BCUT2D eigenvalue weighted by Crippen LogP contribution is 2.42. The molecule has 0 saturated heterocycles. The largest absolute Gasteiger partial charge is 0.377 e. The average molecular weight is 257 g/mol. The van der Waals surface area contributed by atoms with Crippen LogP contribution in [0.25, 0.3) is 12.2 Å². The van der Waals surface area contributed by atoms with E-state index in [1.54, 1.807) is 6.07 Å². The minimum Gasteiger partial charge on any atom is -0.377 e. The van der Waals surface area contributed by atoms with Crippen LogP contribution in [-0.4, -0.2) is 17.0 Å². The fraction of sp³-hybridized carbons (Fsp3) is 0.286. The summed E-state index contributed by atoms with van der Waals surface area (Å²) >= 11 is 0. The number of nitro benzene ring substituents is 1. The van der Waals surface area contributed by atoms with Gasteiger partial charge in [0.15, 0.2) is 0 Å². The summed E-state index contributed by atoms with van der Waals surface area (Å²) in [5, 5.41) is 17.9. The van der Waals surface area contributed by atoms with Gasteiger partial charge < -0.3 is 10.6 Å². The third-order valence-corrected chi connectivity index (χ3v) is 3.43. The van der Waals surface area contributed by atoms with Crippen molar-refractivity contribution in [3.05, 3.63) is 39.5 Å². The van der Waals surface area contributed by atoms with E-state index in [4.69, 9.17) is 0 Å². The SMILES string of the molecule is CC1C=Cc2cc([N+](=O)[O-])c3c(c2N1)NC(C)C=C3. The lowest BCUT2D eigenvalue weighted by molar-refractivity contribution is -0.385. The summed E-state index contributed by atoms with van der Waals surface area (Å²) in [4.78, 5) is 10.9. The monoisotopic (exact) mass is 257 g/mol. The van der Waals surface area contributed by atoms with Crippen LogP contribution < -0.4 is 10.6 Å². The molecule has 2 aliphatic rings. The lowest BCUT2D eigenvalue weighted by Crippen LogP contribution is -2.22. The number of nitrogens with zero attached hydrogens (tertiary/aromatic N) is 1. The van der Waals surface area contributed by atoms with Crippen molar-refractivity contribution in [2.24, 2.45) is 0 Å². The Morgan fingerprint density at radius 2 is 1.74 bits per heavy atom. The standard InChI is InChI=1S/C14H15N3O2/c1-8-3-5-10-7-12(17(18)19)11-6-4-9(2)16-14(11)13(10)15-8/h3-9,15-16H,1-2H3. The van der Waals surface area contributed by atoms with Crippen LogP contribution in [0.1, 0.15) is 25.0 Å². The summed E-state index contributed by atoms with van der Waals surface area (Å²) < 4.78 is 0. The van der Waals surface area contributed by atoms with Crippen LogP contribution in [0, 0.1) is 10.1 Å². The Morgan fingerprint density at radius 1 is 1.11 bits per heavy atom. The molecule has 0 amide bonds. The van der Waals surface area contributed by atoms with Gasteiger partial charge in [-0.1, -0.05) is 18.2 Å². The minimum absolute atomic E-state index is 0.144. The van der Waals surface area contributed by atoms with Crippen LogP contribution >= 0.6 is 0 Å². The highest BCUT2D eigenvalue weighted by molar-refractivity contribution is 5.93. The lowest BCUT2D eigenvalue weighted by Gasteiger charge is -2.27. The number of rotatable bonds is 1. The molecule has 0 fully saturated rings. The zero-order valence-electron chi connectivity index (χ0n) is 10.8. The van der Waals surface area contributed by atoms with Gasteiger partial charge in [-0.15, -0.1) is 0 Å². The molecular formula is C14H15N3O2. The van der Waals surface area contributed by atoms with Gasteiger partial charge in [0.05, 0.1) is 21.9 Å². The molecule has 2 atom stereocenters. The van der Waals surface area contributed by atoms with E-state index in [-0.39, 0.29) is 22.7 Å². The van der Waals surface area contributed by atoms with Crippen LogP contribution in [0.4, 0.5) is 17.1 Å². The van der Waals surface area contributed by atoms with Gasteiger partial charge in [0.2, 0.25) is 0 Å². The van der Waals surface area contributed by atoms with Crippen molar-refractivity contribution < 1.29 is 4.92 Å². The molecule has 0 aromatic heterocycles. The smallest absolute Gasteiger partial charge is 0.279 e. The summed E-state index contributed by atoms with van der Waals surface area (Å²) in [6, 6.07) is 2.02. The lowest BCUT2D eigenvalue weighted by atomic mass is 9.96. The van der Waals surface area contributed by atoms with Gasteiger partial charge in [0.25, 0.3) is 5.69 Å². The molecule has 0 radical (unpaired) electrons. The quantitative estimate of drug-likeness (QED) is 0.598. The Kier molecular flexibility index (Phi) is 2.55. The van der Waals surface area contributed by atoms with Crippen molar-refractivity contribution in [3.8, 4) is 0 Å². The second kappa shape index (κ2) is 4.12. The van der Waals surface area contributed by atoms with Crippen molar-refractivity contribution >= 4 is 29.2 Å². The zero-order valence-corrected chi connectivity index (χ0v) is 10.8. The van der Waals surface area contributed by atoms with E-state index in [2.05, 4.69) is 17.6 Å². The highest BCUT2D eigenvalue weighted by Gasteiger charge is 2.26. The molecule has 1 aromatic rings. The maximum absolute atomic E-state index is 11.2. The topological polar surface area (TPSA) is 67.2 Å². The normalized spacial score (nSPS) is 23.1. The van der Waals surface area contributed by atoms with E-state index in [0.29, 0.717) is 5.56 Å². The van der Waals surface area contributed by atoms with Gasteiger partial charge in [-0.3, -0.25) is 10.1 Å². The minimum atomic E-state index is -0.326. The van der Waals surface area contributed by atoms with Crippen LogP contribution in [0.2, 0.25) is 0 Å². The molecule has 3 rings (SSSR count). The maximum atomic E-state index is 11.2. The van der Waals surface area contributed by atoms with Crippen LogP contribution in [0.15, 0.2) is 18.2 Å². The van der Waals surface area contributed by atoms with Crippen molar-refractivity contribution in [3.63, 3.8) is 0 Å². The molecule has 2 unspecified atom stereocenters. The van der Waals surface area contributed by atoms with Crippen molar-refractivity contribution in [1.29, 1.82) is 0 Å². The molecule has 0 aliphatic carbocycles. The molecular weight excluding hydrogens is 242 g/mol. The number of hydrogen-bond acceptors (Lipinski definition) is 4. The molecule has 2 heterocycles. The highest BCUT2D eigenvalue weighted by atomic mass is 16.6. The zero-order chi connectivity index (χ0) is 13.6. The van der Waals surface area contributed by atoms with E-state index in [1.807, 2.05) is 31.2 Å². The summed E-state index contributed by atoms with van der Waals surface area (Å²) in [6.45, 7) is 4.07. The van der Waals surface area contributed by atoms with Crippen molar-refractivity contribution in [1.82, 2.24) is 0 Å². The number of anilines is 2. The predicted molar refractivity (Wildman–Crippen MR) is 77.3 cm³/mol. The molecule has 0 bridgehead atoms. The fourth-order valence-electron chi connectivity index (χ4n) is 2.50. The van der Waals surface area contributed by atoms with Crippen LogP contribution in [-0.2, 0) is 0 Å². The van der Waals surface area contributed by atoms with Crippen LogP contribution in [0.5, 0.6) is 0 Å². The molecule has 1 aromatic carbocycles. The van der Waals surface area contributed by atoms with E-state index in [9.17, 15) is 10.1 Å².